The van der Waals surface area contributed by atoms with Gasteiger partial charge >= 0.3 is 0 Å². The maximum Gasteiger partial charge on any atom is 0.128 e. The average molecular weight is 309 g/mol. The smallest absolute Gasteiger partial charge is 0.128 e. The number of aliphatic hydroxyl groups is 1. The second-order valence-electron chi connectivity index (χ2n) is 6.11. The lowest BCUT2D eigenvalue weighted by molar-refractivity contribution is 0.307. The van der Waals surface area contributed by atoms with Crippen LogP contribution in [0.4, 0.5) is 0 Å². The van der Waals surface area contributed by atoms with Crippen LogP contribution in [0.3, 0.4) is 0 Å². The number of phenolic OH excluding ortho intramolecular Hbond substituents is 1. The van der Waals surface area contributed by atoms with Crippen LogP contribution in [0.25, 0.3) is 0 Å². The van der Waals surface area contributed by atoms with Crippen LogP contribution < -0.4 is 0 Å². The van der Waals surface area contributed by atoms with E-state index in [4.69, 9.17) is 5.11 Å². The number of nitrogens with zero attached hydrogens (tertiary/aromatic N) is 1. The fourth-order valence-electron chi connectivity index (χ4n) is 3.22. The first kappa shape index (κ1) is 15.8. The summed E-state index contributed by atoms with van der Waals surface area (Å²) >= 11 is 0. The number of aromatic hydroxyl groups is 1. The van der Waals surface area contributed by atoms with Crippen LogP contribution in [0.2, 0.25) is 0 Å². The predicted octanol–water partition coefficient (Wildman–Crippen LogP) is 3.08. The fourth-order valence-corrected chi connectivity index (χ4v) is 3.22. The number of aryl methyl sites for hydroxylation is 4. The second-order valence-corrected chi connectivity index (χ2v) is 6.11. The van der Waals surface area contributed by atoms with Crippen LogP contribution in [-0.2, 0) is 25.7 Å². The Hall–Kier alpha value is -2.13. The summed E-state index contributed by atoms with van der Waals surface area (Å²) in [6, 6.07) is 13.0. The van der Waals surface area contributed by atoms with Gasteiger partial charge in [0, 0.05) is 11.3 Å². The molecule has 2 aromatic rings. The minimum absolute atomic E-state index is 0.0267. The fraction of sp³-hybridized carbons (Fsp3) is 0.350. The molecule has 0 unspecified atom stereocenters. The van der Waals surface area contributed by atoms with Gasteiger partial charge in [-0.25, -0.2) is 0 Å². The van der Waals surface area contributed by atoms with Gasteiger partial charge in [-0.1, -0.05) is 36.4 Å². The molecule has 0 radical (unpaired) electrons. The predicted molar refractivity (Wildman–Crippen MR) is 93.5 cm³/mol. The van der Waals surface area contributed by atoms with Gasteiger partial charge in [-0.2, -0.15) is 0 Å². The summed E-state index contributed by atoms with van der Waals surface area (Å²) in [6.07, 6.45) is 3.54. The molecule has 0 aliphatic heterocycles. The summed E-state index contributed by atoms with van der Waals surface area (Å²) < 4.78 is 0. The standard InChI is InChI=1S/C20H23NO2/c1-14(21-12-13-22)19-17-8-6-15-2-4-16(5-3-15)7-9-18(11-10-17)20(19)23/h2-5,10-11,22-23H,6-9,12-13H2,1H3. The van der Waals surface area contributed by atoms with Crippen molar-refractivity contribution in [3.63, 3.8) is 0 Å². The van der Waals surface area contributed by atoms with E-state index in [0.29, 0.717) is 12.3 Å². The summed E-state index contributed by atoms with van der Waals surface area (Å²) in [4.78, 5) is 4.39. The number of aliphatic hydroxyl groups excluding tert-OH is 1. The Morgan fingerprint density at radius 1 is 0.913 bits per heavy atom. The van der Waals surface area contributed by atoms with Gasteiger partial charge in [0.25, 0.3) is 0 Å². The zero-order chi connectivity index (χ0) is 16.2. The first-order valence-electron chi connectivity index (χ1n) is 8.23. The Balaban J connectivity index is 2.05. The number of phenols is 1. The number of rotatable bonds is 3. The van der Waals surface area contributed by atoms with Gasteiger partial charge in [0.15, 0.2) is 0 Å². The van der Waals surface area contributed by atoms with Crippen LogP contribution in [0.15, 0.2) is 41.4 Å². The molecule has 23 heavy (non-hydrogen) atoms. The Labute approximate surface area is 137 Å². The summed E-state index contributed by atoms with van der Waals surface area (Å²) in [5, 5.41) is 19.8. The van der Waals surface area contributed by atoms with Crippen molar-refractivity contribution in [3.8, 4) is 5.75 Å². The van der Waals surface area contributed by atoms with Crippen molar-refractivity contribution in [1.82, 2.24) is 0 Å². The van der Waals surface area contributed by atoms with Crippen molar-refractivity contribution in [1.29, 1.82) is 0 Å². The Bertz CT molecular complexity index is 717. The van der Waals surface area contributed by atoms with Gasteiger partial charge in [0.1, 0.15) is 5.75 Å². The number of hydrogen-bond acceptors (Lipinski definition) is 3. The molecule has 2 aromatic carbocycles. The van der Waals surface area contributed by atoms with Crippen LogP contribution in [0, 0.1) is 0 Å². The maximum atomic E-state index is 10.8. The first-order valence-corrected chi connectivity index (χ1v) is 8.23. The van der Waals surface area contributed by atoms with Crippen molar-refractivity contribution in [2.24, 2.45) is 4.99 Å². The van der Waals surface area contributed by atoms with Crippen LogP contribution in [-0.4, -0.2) is 29.1 Å². The summed E-state index contributed by atoms with van der Waals surface area (Å²) in [6.45, 7) is 2.31. The van der Waals surface area contributed by atoms with Gasteiger partial charge in [-0.05, 0) is 54.9 Å². The lowest BCUT2D eigenvalue weighted by Gasteiger charge is -2.17. The van der Waals surface area contributed by atoms with Gasteiger partial charge in [0.2, 0.25) is 0 Å². The highest BCUT2D eigenvalue weighted by Gasteiger charge is 2.16. The van der Waals surface area contributed by atoms with Crippen molar-refractivity contribution in [3.05, 3.63) is 64.2 Å². The van der Waals surface area contributed by atoms with Crippen molar-refractivity contribution in [2.45, 2.75) is 32.6 Å². The Kier molecular flexibility index (Phi) is 4.77. The quantitative estimate of drug-likeness (QED) is 0.856. The van der Waals surface area contributed by atoms with E-state index < -0.39 is 0 Å². The highest BCUT2D eigenvalue weighted by Crippen LogP contribution is 2.30. The van der Waals surface area contributed by atoms with E-state index in [0.717, 1.165) is 48.1 Å². The van der Waals surface area contributed by atoms with Crippen molar-refractivity contribution in [2.75, 3.05) is 13.2 Å². The molecule has 0 spiro atoms. The maximum absolute atomic E-state index is 10.8. The molecule has 0 saturated carbocycles. The van der Waals surface area contributed by atoms with Gasteiger partial charge in [-0.15, -0.1) is 0 Å². The molecule has 4 aliphatic rings. The molecule has 2 N–H and O–H groups in total. The minimum atomic E-state index is 0.0267. The van der Waals surface area contributed by atoms with Crippen LogP contribution >= 0.6 is 0 Å². The van der Waals surface area contributed by atoms with Crippen molar-refractivity contribution < 1.29 is 10.2 Å². The third-order valence-corrected chi connectivity index (χ3v) is 4.55. The molecule has 0 aromatic heterocycles. The summed E-state index contributed by atoms with van der Waals surface area (Å²) in [7, 11) is 0. The molecule has 0 heterocycles. The molecule has 0 atom stereocenters. The Morgan fingerprint density at radius 2 is 1.48 bits per heavy atom. The molecule has 0 amide bonds. The monoisotopic (exact) mass is 309 g/mol. The Morgan fingerprint density at radius 3 is 2.09 bits per heavy atom. The van der Waals surface area contributed by atoms with Gasteiger partial charge in [0.05, 0.1) is 13.2 Å². The normalized spacial score (nSPS) is 14.6. The molecular weight excluding hydrogens is 286 g/mol. The van der Waals surface area contributed by atoms with Crippen molar-refractivity contribution >= 4 is 5.71 Å². The molecule has 4 bridgehead atoms. The van der Waals surface area contributed by atoms with Crippen LogP contribution in [0.5, 0.6) is 5.75 Å². The van der Waals surface area contributed by atoms with E-state index in [1.165, 1.54) is 11.1 Å². The van der Waals surface area contributed by atoms with E-state index in [-0.39, 0.29) is 6.61 Å². The summed E-state index contributed by atoms with van der Waals surface area (Å²) in [5.74, 6) is 0.358. The third kappa shape index (κ3) is 3.45. The number of hydrogen-bond donors (Lipinski definition) is 2. The molecule has 4 aliphatic carbocycles. The van der Waals surface area contributed by atoms with E-state index >= 15 is 0 Å². The average Bonchev–Trinajstić information content (AvgIpc) is 2.56. The number of benzene rings is 2. The molecule has 120 valence electrons. The third-order valence-electron chi connectivity index (χ3n) is 4.55. The second kappa shape index (κ2) is 6.97. The molecule has 0 saturated heterocycles. The minimum Gasteiger partial charge on any atom is -0.507 e. The highest BCUT2D eigenvalue weighted by atomic mass is 16.3. The highest BCUT2D eigenvalue weighted by molar-refractivity contribution is 6.02. The van der Waals surface area contributed by atoms with E-state index in [1.54, 1.807) is 0 Å². The van der Waals surface area contributed by atoms with E-state index in [2.05, 4.69) is 35.3 Å². The first-order chi connectivity index (χ1) is 11.2. The van der Waals surface area contributed by atoms with Crippen LogP contribution in [0.1, 0.15) is 34.7 Å². The molecular formula is C20H23NO2. The SMILES string of the molecule is CC(=NCCO)c1c2ccc(c1O)CCc1ccc(cc1)CC2. The molecule has 6 rings (SSSR count). The van der Waals surface area contributed by atoms with E-state index in [1.807, 2.05) is 13.0 Å². The topological polar surface area (TPSA) is 52.8 Å². The van der Waals surface area contributed by atoms with Gasteiger partial charge < -0.3 is 10.2 Å². The summed E-state index contributed by atoms with van der Waals surface area (Å²) in [5.41, 5.74) is 6.35. The zero-order valence-electron chi connectivity index (χ0n) is 13.5. The zero-order valence-corrected chi connectivity index (χ0v) is 13.5. The van der Waals surface area contributed by atoms with E-state index in [9.17, 15) is 5.11 Å². The number of aliphatic imine (C=N–C) groups is 1. The lowest BCUT2D eigenvalue weighted by atomic mass is 9.91. The largest absolute Gasteiger partial charge is 0.507 e. The van der Waals surface area contributed by atoms with Gasteiger partial charge in [-0.3, -0.25) is 4.99 Å². The molecule has 3 nitrogen and oxygen atoms in total. The lowest BCUT2D eigenvalue weighted by Crippen LogP contribution is -2.08. The molecule has 3 heteroatoms. The molecule has 0 fully saturated rings.